The molecule has 4 aliphatic rings. The molecule has 10 rings (SSSR count). The lowest BCUT2D eigenvalue weighted by Crippen LogP contribution is -2.74. The first-order valence-electron chi connectivity index (χ1n) is 35.5. The predicted octanol–water partition coefficient (Wildman–Crippen LogP) is 8.85. The summed E-state index contributed by atoms with van der Waals surface area (Å²) in [6, 6.07) is 47.5. The molecule has 4 heterocycles. The van der Waals surface area contributed by atoms with Gasteiger partial charge in [-0.15, -0.1) is 0 Å². The number of esters is 6. The fraction of sp³-hybridized carbons (Fsp3) is 0.455. The van der Waals surface area contributed by atoms with Crippen molar-refractivity contribution in [3.8, 4) is 5.75 Å². The molecule has 0 radical (unpaired) electrons. The van der Waals surface area contributed by atoms with E-state index in [1.54, 1.807) is 176 Å². The molecular weight excluding hydrogens is 1480 g/mol. The van der Waals surface area contributed by atoms with Gasteiger partial charge in [0, 0.05) is 42.4 Å². The lowest BCUT2D eigenvalue weighted by Gasteiger charge is -2.54. The number of aliphatic hydroxyl groups is 1. The van der Waals surface area contributed by atoms with Gasteiger partial charge in [0.1, 0.15) is 79.4 Å². The molecule has 0 aliphatic carbocycles. The summed E-state index contributed by atoms with van der Waals surface area (Å²) in [5, 5.41) is 25.7. The zero-order valence-electron chi connectivity index (χ0n) is 62.4. The first kappa shape index (κ1) is 84.8. The van der Waals surface area contributed by atoms with Gasteiger partial charge in [-0.3, -0.25) is 19.2 Å². The molecule has 36 nitrogen and oxygen atoms in total. The second-order valence-corrected chi connectivity index (χ2v) is 26.0. The van der Waals surface area contributed by atoms with Crippen LogP contribution in [0, 0.1) is 0 Å². The van der Waals surface area contributed by atoms with Crippen molar-refractivity contribution in [1.82, 2.24) is 0 Å². The van der Waals surface area contributed by atoms with Crippen molar-refractivity contribution in [1.29, 1.82) is 0 Å². The Labute approximate surface area is 647 Å². The Morgan fingerprint density at radius 3 is 1.38 bits per heavy atom. The molecule has 4 saturated heterocycles. The average molecular weight is 1570 g/mol. The van der Waals surface area contributed by atoms with E-state index >= 15 is 4.79 Å². The van der Waals surface area contributed by atoms with Gasteiger partial charge in [-0.1, -0.05) is 174 Å². The van der Waals surface area contributed by atoms with Crippen LogP contribution in [0.25, 0.3) is 31.3 Å². The van der Waals surface area contributed by atoms with E-state index in [1.807, 2.05) is 0 Å². The van der Waals surface area contributed by atoms with Crippen molar-refractivity contribution in [3.05, 3.63) is 241 Å². The maximum atomic E-state index is 15.2. The van der Waals surface area contributed by atoms with Gasteiger partial charge in [0.25, 0.3) is 5.72 Å². The third kappa shape index (κ3) is 22.0. The smallest absolute Gasteiger partial charge is 0.338 e. The van der Waals surface area contributed by atoms with Crippen LogP contribution in [0.15, 0.2) is 191 Å². The van der Waals surface area contributed by atoms with Gasteiger partial charge in [0.05, 0.1) is 67.6 Å². The fourth-order valence-corrected chi connectivity index (χ4v) is 13.1. The number of nitrogens with zero attached hydrogens (tertiary/aromatic N) is 9. The van der Waals surface area contributed by atoms with Crippen molar-refractivity contribution in [2.75, 3.05) is 34.5 Å². The summed E-state index contributed by atoms with van der Waals surface area (Å²) < 4.78 is 126. The average Bonchev–Trinajstić information content (AvgIpc) is 0.725. The minimum Gasteiger partial charge on any atom is -0.497 e. The molecule has 6 aromatic carbocycles. The Morgan fingerprint density at radius 1 is 0.425 bits per heavy atom. The zero-order valence-corrected chi connectivity index (χ0v) is 62.4. The van der Waals surface area contributed by atoms with Crippen molar-refractivity contribution in [2.45, 2.75) is 189 Å². The topological polar surface area (TPSA) is 454 Å². The summed E-state index contributed by atoms with van der Waals surface area (Å²) in [6.07, 6.45) is -33.5. The molecule has 36 heteroatoms. The maximum Gasteiger partial charge on any atom is 0.338 e. The largest absolute Gasteiger partial charge is 0.497 e. The zero-order chi connectivity index (χ0) is 80.4. The van der Waals surface area contributed by atoms with Crippen molar-refractivity contribution >= 4 is 35.8 Å². The third-order valence-corrected chi connectivity index (χ3v) is 18.2. The normalized spacial score (nSPS) is 28.6. The Bertz CT molecular complexity index is 4250. The minimum atomic E-state index is -3.19. The van der Waals surface area contributed by atoms with E-state index in [9.17, 15) is 45.7 Å². The second kappa shape index (κ2) is 41.2. The molecule has 113 heavy (non-hydrogen) atoms. The lowest BCUT2D eigenvalue weighted by atomic mass is 9.90. The molecule has 0 saturated carbocycles. The molecule has 20 atom stereocenters. The highest BCUT2D eigenvalue weighted by molar-refractivity contribution is 5.77. The Hall–Kier alpha value is -10.7. The van der Waals surface area contributed by atoms with E-state index in [0.29, 0.717) is 39.1 Å². The monoisotopic (exact) mass is 1570 g/mol. The molecule has 0 bridgehead atoms. The van der Waals surface area contributed by atoms with Gasteiger partial charge >= 0.3 is 35.8 Å². The van der Waals surface area contributed by atoms with E-state index in [-0.39, 0.29) is 33.0 Å². The number of benzene rings is 6. The number of ether oxygens (including phenoxy) is 20. The van der Waals surface area contributed by atoms with Crippen LogP contribution in [-0.4, -0.2) is 197 Å². The van der Waals surface area contributed by atoms with E-state index in [0.717, 1.165) is 41.9 Å². The maximum absolute atomic E-state index is 15.2. The molecule has 0 aromatic heterocycles. The Kier molecular flexibility index (Phi) is 30.9. The lowest BCUT2D eigenvalue weighted by molar-refractivity contribution is -0.409. The number of hydrogen-bond acceptors (Lipinski definition) is 30. The number of rotatable bonds is 36. The van der Waals surface area contributed by atoms with Crippen LogP contribution in [-0.2, 0) is 158 Å². The third-order valence-electron chi connectivity index (χ3n) is 18.2. The van der Waals surface area contributed by atoms with Crippen molar-refractivity contribution < 1.29 is 129 Å². The van der Waals surface area contributed by atoms with E-state index in [2.05, 4.69) is 30.1 Å². The van der Waals surface area contributed by atoms with Gasteiger partial charge < -0.3 is 99.8 Å². The molecule has 600 valence electrons. The van der Waals surface area contributed by atoms with E-state index in [1.165, 1.54) is 7.11 Å². The highest BCUT2D eigenvalue weighted by Gasteiger charge is 2.68. The standard InChI is InChI=1S/C77H85N9O27/c1-45(87)98-44-57-60(99-40-54-33-35-55(94-5)36-34-54)68(102-41-52-29-19-11-20-30-52)76(93,82-85-79)74(107-57)111-64-66(71(92)96-7)112-75(77(83-86-80,113-48(4)90)69(64)103-42-53-31-21-12-22-32-53)110-59-56(43-97-37-49-23-13-8-14-24-49)106-72(58(81-84-78)61(59)100-38-50-25-15-9-16-26-50)108-63-62(101-39-51-27-17-10-18-28-51)67(104-46(2)88)73(105-47(3)89)109-65(63)70(91)95-6/h8-36,56-69,72-75,93H,37-44H2,1-7H3/t56-,57-,58-,59-,60-,61-,62+,63+,64-,65-,66-,67-,68+,69+,72-,73+,74-,75+,76-,77-/m1/s1. The summed E-state index contributed by atoms with van der Waals surface area (Å²) >= 11 is 0. The quantitative estimate of drug-likeness (QED) is 0.0126. The number of hydrogen-bond donors (Lipinski definition) is 1. The van der Waals surface area contributed by atoms with Crippen molar-refractivity contribution in [3.63, 3.8) is 0 Å². The summed E-state index contributed by atoms with van der Waals surface area (Å²) in [5.41, 5.74) is 29.4. The van der Waals surface area contributed by atoms with Crippen LogP contribution in [0.1, 0.15) is 61.1 Å². The Balaban J connectivity index is 1.14. The first-order chi connectivity index (χ1) is 54.7. The Morgan fingerprint density at radius 2 is 0.894 bits per heavy atom. The molecular formula is C77H85N9O27. The van der Waals surface area contributed by atoms with Crippen LogP contribution in [0.3, 0.4) is 0 Å². The SMILES string of the molecule is COC(=O)[C@@H]1O[C@H](O[C@H]2[C@H](OCc3ccccc3)[C@@H](N=[N+]=[N-])[C@@H](O[C@H]3[C@H](OCc4ccccc4)[C@@H](OC(C)=O)[C@@H](OC(C)=O)O[C@H]3C(=O)OC)O[C@@H]2COCc2ccccc2)[C@](N=[N+]=[N-])(OC(C)=O)[C@@H](OCc2ccccc2)[C@@H]1O[C@H]1O[C@H](COC(C)=O)[C@@H](OCc2ccc(OC)cc2)[C@H](OCc2ccccc2)[C@]1(O)N=[N+]=[N-]. The summed E-state index contributed by atoms with van der Waals surface area (Å²) in [5.74, 6) is -5.89. The fourth-order valence-electron chi connectivity index (χ4n) is 13.1. The molecule has 0 amide bonds. The minimum absolute atomic E-state index is 0.151. The number of carbonyl (C=O) groups is 6. The number of azide groups is 3. The van der Waals surface area contributed by atoms with Crippen LogP contribution in [0.4, 0.5) is 0 Å². The van der Waals surface area contributed by atoms with Crippen LogP contribution >= 0.6 is 0 Å². The highest BCUT2D eigenvalue weighted by Crippen LogP contribution is 2.46. The predicted molar refractivity (Wildman–Crippen MR) is 386 cm³/mol. The summed E-state index contributed by atoms with van der Waals surface area (Å²) in [7, 11) is 3.47. The highest BCUT2D eigenvalue weighted by atomic mass is 16.8. The first-order valence-corrected chi connectivity index (χ1v) is 35.5. The van der Waals surface area contributed by atoms with Crippen LogP contribution in [0.5, 0.6) is 5.75 Å². The van der Waals surface area contributed by atoms with Gasteiger partial charge in [0.2, 0.25) is 18.3 Å². The molecule has 4 fully saturated rings. The summed E-state index contributed by atoms with van der Waals surface area (Å²) in [6.45, 7) is 0.937. The van der Waals surface area contributed by atoms with Gasteiger partial charge in [-0.25, -0.2) is 9.59 Å². The van der Waals surface area contributed by atoms with E-state index in [4.69, 9.17) is 94.7 Å². The van der Waals surface area contributed by atoms with Crippen LogP contribution < -0.4 is 4.74 Å². The second-order valence-electron chi connectivity index (χ2n) is 26.0. The number of methoxy groups -OCH3 is 3. The van der Waals surface area contributed by atoms with Gasteiger partial charge in [0.15, 0.2) is 30.9 Å². The van der Waals surface area contributed by atoms with Crippen molar-refractivity contribution in [2.24, 2.45) is 15.3 Å². The molecule has 4 aliphatic heterocycles. The molecule has 6 aromatic rings. The van der Waals surface area contributed by atoms with Gasteiger partial charge in [-0.05, 0) is 67.2 Å². The van der Waals surface area contributed by atoms with Crippen LogP contribution in [0.2, 0.25) is 0 Å². The molecule has 0 unspecified atom stereocenters. The van der Waals surface area contributed by atoms with E-state index < -0.39 is 178 Å². The summed E-state index contributed by atoms with van der Waals surface area (Å²) in [4.78, 5) is 92.1. The number of carbonyl (C=O) groups excluding carboxylic acids is 6. The molecule has 0 spiro atoms. The van der Waals surface area contributed by atoms with Gasteiger partial charge in [-0.2, -0.15) is 0 Å². The molecule has 1 N–H and O–H groups in total.